The van der Waals surface area contributed by atoms with Gasteiger partial charge in [0.2, 0.25) is 0 Å². The van der Waals surface area contributed by atoms with Gasteiger partial charge in [0.15, 0.2) is 5.79 Å². The second-order valence-corrected chi connectivity index (χ2v) is 9.64. The summed E-state index contributed by atoms with van der Waals surface area (Å²) in [5, 5.41) is -0.113. The van der Waals surface area contributed by atoms with Crippen molar-refractivity contribution < 1.29 is 18.8 Å². The molecule has 5 atom stereocenters. The van der Waals surface area contributed by atoms with Crippen LogP contribution in [0.4, 0.5) is 0 Å². The van der Waals surface area contributed by atoms with E-state index >= 15 is 0 Å². The van der Waals surface area contributed by atoms with E-state index in [4.69, 9.17) is 30.4 Å². The fraction of sp³-hybridized carbons (Fsp3) is 1.00. The van der Waals surface area contributed by atoms with Gasteiger partial charge in [0, 0.05) is 6.42 Å². The summed E-state index contributed by atoms with van der Waals surface area (Å²) >= 11 is 6.65. The summed E-state index contributed by atoms with van der Waals surface area (Å²) in [6.07, 6.45) is 5.26. The Morgan fingerprint density at radius 2 is 1.83 bits per heavy atom. The maximum absolute atomic E-state index is 6.65. The van der Waals surface area contributed by atoms with E-state index in [0.717, 1.165) is 31.6 Å². The largest absolute Gasteiger partial charge is 0.476 e. The highest BCUT2D eigenvalue weighted by Gasteiger charge is 2.68. The fourth-order valence-electron chi connectivity index (χ4n) is 5.51. The molecule has 2 bridgehead atoms. The van der Waals surface area contributed by atoms with Crippen LogP contribution >= 0.6 is 11.6 Å². The molecule has 5 rings (SSSR count). The van der Waals surface area contributed by atoms with Gasteiger partial charge < -0.3 is 18.8 Å². The SMILES string of the molecule is CC1(CCC[C@@H](Cl)B2O[C@@H]3C[C@@H]4C[C@@H](C4(C)C)[C@]3(C)O2)OCCO1. The summed E-state index contributed by atoms with van der Waals surface area (Å²) < 4.78 is 24.0. The average Bonchev–Trinajstić information content (AvgIpc) is 3.09. The van der Waals surface area contributed by atoms with Gasteiger partial charge in [-0.2, -0.15) is 0 Å². The minimum absolute atomic E-state index is 0.113. The summed E-state index contributed by atoms with van der Waals surface area (Å²) in [5.74, 6) is 0.925. The van der Waals surface area contributed by atoms with E-state index in [0.29, 0.717) is 24.5 Å². The number of hydrogen-bond donors (Lipinski definition) is 0. The van der Waals surface area contributed by atoms with Crippen LogP contribution in [0.3, 0.4) is 0 Å². The van der Waals surface area contributed by atoms with Crippen LogP contribution in [-0.4, -0.2) is 43.1 Å². The van der Waals surface area contributed by atoms with Crippen molar-refractivity contribution in [1.29, 1.82) is 0 Å². The van der Waals surface area contributed by atoms with Crippen LogP contribution in [0.1, 0.15) is 59.8 Å². The highest BCUT2D eigenvalue weighted by atomic mass is 35.5. The lowest BCUT2D eigenvalue weighted by atomic mass is 9.43. The van der Waals surface area contributed by atoms with Gasteiger partial charge in [0.05, 0.1) is 30.2 Å². The molecule has 6 heteroatoms. The van der Waals surface area contributed by atoms with Crippen LogP contribution in [0, 0.1) is 17.3 Å². The van der Waals surface area contributed by atoms with E-state index in [9.17, 15) is 0 Å². The molecule has 136 valence electrons. The summed E-state index contributed by atoms with van der Waals surface area (Å²) in [4.78, 5) is 0. The first-order chi connectivity index (χ1) is 11.2. The van der Waals surface area contributed by atoms with Crippen LogP contribution < -0.4 is 0 Å². The molecule has 0 N–H and O–H groups in total. The van der Waals surface area contributed by atoms with E-state index in [2.05, 4.69) is 20.8 Å². The Hall–Kier alpha value is 0.195. The molecule has 0 spiro atoms. The monoisotopic (exact) mass is 356 g/mol. The number of ether oxygens (including phenoxy) is 2. The van der Waals surface area contributed by atoms with Crippen molar-refractivity contribution in [3.8, 4) is 0 Å². The summed E-state index contributed by atoms with van der Waals surface area (Å²) in [6.45, 7) is 10.4. The molecule has 24 heavy (non-hydrogen) atoms. The van der Waals surface area contributed by atoms with Gasteiger partial charge in [-0.3, -0.25) is 0 Å². The Morgan fingerprint density at radius 1 is 1.12 bits per heavy atom. The molecule has 5 fully saturated rings. The van der Waals surface area contributed by atoms with Gasteiger partial charge in [0.25, 0.3) is 0 Å². The quantitative estimate of drug-likeness (QED) is 0.555. The van der Waals surface area contributed by atoms with Crippen molar-refractivity contribution in [2.45, 2.75) is 82.6 Å². The zero-order valence-electron chi connectivity index (χ0n) is 15.3. The number of alkyl halides is 1. The lowest BCUT2D eigenvalue weighted by Crippen LogP contribution is -2.65. The third kappa shape index (κ3) is 2.66. The highest BCUT2D eigenvalue weighted by molar-refractivity contribution is 6.59. The lowest BCUT2D eigenvalue weighted by molar-refractivity contribution is -0.199. The fourth-order valence-corrected chi connectivity index (χ4v) is 5.77. The van der Waals surface area contributed by atoms with Crippen LogP contribution in [0.5, 0.6) is 0 Å². The predicted octanol–water partition coefficient (Wildman–Crippen LogP) is 3.79. The van der Waals surface area contributed by atoms with Crippen LogP contribution in [-0.2, 0) is 18.8 Å². The molecule has 0 aromatic rings. The molecular formula is C18H30BClO4. The van der Waals surface area contributed by atoms with Crippen molar-refractivity contribution in [3.63, 3.8) is 0 Å². The first kappa shape index (κ1) is 17.6. The third-order valence-electron chi connectivity index (χ3n) is 7.27. The Kier molecular flexibility index (Phi) is 4.29. The van der Waals surface area contributed by atoms with Gasteiger partial charge in [-0.05, 0) is 56.8 Å². The molecule has 0 aromatic heterocycles. The van der Waals surface area contributed by atoms with Gasteiger partial charge >= 0.3 is 7.12 Å². The molecule has 2 aliphatic heterocycles. The Bertz CT molecular complexity index is 495. The van der Waals surface area contributed by atoms with Crippen molar-refractivity contribution in [2.24, 2.45) is 17.3 Å². The molecule has 5 aliphatic rings. The summed E-state index contributed by atoms with van der Waals surface area (Å²) in [7, 11) is -0.282. The highest BCUT2D eigenvalue weighted by Crippen LogP contribution is 2.65. The molecule has 0 aromatic carbocycles. The first-order valence-electron chi connectivity index (χ1n) is 9.50. The van der Waals surface area contributed by atoms with Crippen molar-refractivity contribution in [3.05, 3.63) is 0 Å². The molecule has 4 nitrogen and oxygen atoms in total. The molecule has 0 amide bonds. The maximum Gasteiger partial charge on any atom is 0.476 e. The average molecular weight is 357 g/mol. The molecule has 3 saturated carbocycles. The third-order valence-corrected chi connectivity index (χ3v) is 7.70. The second kappa shape index (κ2) is 5.85. The number of halogens is 1. The Labute approximate surface area is 151 Å². The minimum Gasteiger partial charge on any atom is -0.404 e. The molecule has 2 heterocycles. The standard InChI is InChI=1S/C18H30BClO4/c1-16(2)12-10-13(16)18(4)14(11-12)23-19(24-18)15(20)6-5-7-17(3)21-8-9-22-17/h12-15H,5-11H2,1-4H3/t12-,13-,14+,15+,18-/m0/s1. The lowest BCUT2D eigenvalue weighted by Gasteiger charge is -2.64. The molecular weight excluding hydrogens is 326 g/mol. The normalized spacial score (nSPS) is 43.4. The number of rotatable bonds is 5. The number of hydrogen-bond acceptors (Lipinski definition) is 4. The molecule has 2 saturated heterocycles. The minimum atomic E-state index is -0.431. The van der Waals surface area contributed by atoms with Crippen LogP contribution in [0.25, 0.3) is 0 Å². The molecule has 0 radical (unpaired) electrons. The van der Waals surface area contributed by atoms with Gasteiger partial charge in [0.1, 0.15) is 0 Å². The topological polar surface area (TPSA) is 36.9 Å². The zero-order chi connectivity index (χ0) is 17.2. The Balaban J connectivity index is 1.32. The van der Waals surface area contributed by atoms with E-state index in [-0.39, 0.29) is 24.1 Å². The van der Waals surface area contributed by atoms with E-state index in [1.54, 1.807) is 0 Å². The van der Waals surface area contributed by atoms with Crippen molar-refractivity contribution >= 4 is 18.7 Å². The van der Waals surface area contributed by atoms with E-state index in [1.165, 1.54) is 6.42 Å². The predicted molar refractivity (Wildman–Crippen MR) is 93.9 cm³/mol. The zero-order valence-corrected chi connectivity index (χ0v) is 16.1. The van der Waals surface area contributed by atoms with E-state index < -0.39 is 5.79 Å². The van der Waals surface area contributed by atoms with Gasteiger partial charge in [-0.1, -0.05) is 13.8 Å². The molecule has 0 unspecified atom stereocenters. The van der Waals surface area contributed by atoms with Crippen LogP contribution in [0.2, 0.25) is 0 Å². The maximum atomic E-state index is 6.65. The Morgan fingerprint density at radius 3 is 2.50 bits per heavy atom. The summed E-state index contributed by atoms with van der Waals surface area (Å²) in [6, 6.07) is 0. The smallest absolute Gasteiger partial charge is 0.404 e. The van der Waals surface area contributed by atoms with Gasteiger partial charge in [-0.15, -0.1) is 11.6 Å². The van der Waals surface area contributed by atoms with Crippen molar-refractivity contribution in [1.82, 2.24) is 0 Å². The summed E-state index contributed by atoms with van der Waals surface area (Å²) in [5.41, 5.74) is 0.205. The molecule has 3 aliphatic carbocycles. The first-order valence-corrected chi connectivity index (χ1v) is 9.93. The van der Waals surface area contributed by atoms with E-state index in [1.807, 2.05) is 6.92 Å². The van der Waals surface area contributed by atoms with Crippen LogP contribution in [0.15, 0.2) is 0 Å². The second-order valence-electron chi connectivity index (χ2n) is 9.08. The van der Waals surface area contributed by atoms with Crippen molar-refractivity contribution in [2.75, 3.05) is 13.2 Å². The van der Waals surface area contributed by atoms with Gasteiger partial charge in [-0.25, -0.2) is 0 Å².